The highest BCUT2D eigenvalue weighted by Crippen LogP contribution is 2.57. The van der Waals surface area contributed by atoms with Crippen molar-refractivity contribution in [3.05, 3.63) is 66.2 Å². The fourth-order valence-electron chi connectivity index (χ4n) is 5.25. The third kappa shape index (κ3) is 2.53. The SMILES string of the molecule is CN(c1ccccc1)C1C2CN(Cc3ccccc3)CC2C1(C)C. The predicted octanol–water partition coefficient (Wildman–Crippen LogP) is 4.28. The third-order valence-electron chi connectivity index (χ3n) is 6.39. The Morgan fingerprint density at radius 3 is 2.25 bits per heavy atom. The molecule has 1 heterocycles. The van der Waals surface area contributed by atoms with Gasteiger partial charge >= 0.3 is 0 Å². The van der Waals surface area contributed by atoms with E-state index in [0.29, 0.717) is 11.5 Å². The number of rotatable bonds is 4. The minimum absolute atomic E-state index is 0.376. The molecule has 24 heavy (non-hydrogen) atoms. The number of nitrogens with zero attached hydrogens (tertiary/aromatic N) is 2. The van der Waals surface area contributed by atoms with E-state index in [-0.39, 0.29) is 0 Å². The van der Waals surface area contributed by atoms with Crippen LogP contribution in [0, 0.1) is 17.3 Å². The molecule has 126 valence electrons. The Kier molecular flexibility index (Phi) is 3.88. The predicted molar refractivity (Wildman–Crippen MR) is 101 cm³/mol. The lowest BCUT2D eigenvalue weighted by Crippen LogP contribution is -2.64. The van der Waals surface area contributed by atoms with Gasteiger partial charge < -0.3 is 4.90 Å². The number of anilines is 1. The van der Waals surface area contributed by atoms with Crippen LogP contribution in [0.3, 0.4) is 0 Å². The maximum Gasteiger partial charge on any atom is 0.0384 e. The van der Waals surface area contributed by atoms with Crippen molar-refractivity contribution in [1.29, 1.82) is 0 Å². The van der Waals surface area contributed by atoms with Crippen LogP contribution in [0.2, 0.25) is 0 Å². The molecule has 0 radical (unpaired) electrons. The fourth-order valence-corrected chi connectivity index (χ4v) is 5.25. The van der Waals surface area contributed by atoms with Crippen LogP contribution < -0.4 is 4.90 Å². The number of hydrogen-bond donors (Lipinski definition) is 0. The molecule has 4 rings (SSSR count). The Bertz CT molecular complexity index is 680. The second kappa shape index (κ2) is 5.93. The average Bonchev–Trinajstić information content (AvgIpc) is 2.97. The summed E-state index contributed by atoms with van der Waals surface area (Å²) >= 11 is 0. The van der Waals surface area contributed by atoms with Gasteiger partial charge in [0.1, 0.15) is 0 Å². The molecule has 2 aromatic rings. The topological polar surface area (TPSA) is 6.48 Å². The number of para-hydroxylation sites is 1. The molecule has 3 atom stereocenters. The zero-order chi connectivity index (χ0) is 16.7. The van der Waals surface area contributed by atoms with Crippen LogP contribution in [0.4, 0.5) is 5.69 Å². The van der Waals surface area contributed by atoms with Gasteiger partial charge in [0.2, 0.25) is 0 Å². The molecule has 0 spiro atoms. The zero-order valence-electron chi connectivity index (χ0n) is 15.0. The maximum atomic E-state index is 2.66. The van der Waals surface area contributed by atoms with Crippen LogP contribution in [-0.2, 0) is 6.54 Å². The molecule has 2 nitrogen and oxygen atoms in total. The summed E-state index contributed by atoms with van der Waals surface area (Å²) < 4.78 is 0. The zero-order valence-corrected chi connectivity index (χ0v) is 15.0. The number of hydrogen-bond acceptors (Lipinski definition) is 2. The van der Waals surface area contributed by atoms with Crippen molar-refractivity contribution in [2.24, 2.45) is 17.3 Å². The summed E-state index contributed by atoms with van der Waals surface area (Å²) in [5.41, 5.74) is 3.15. The van der Waals surface area contributed by atoms with E-state index in [1.165, 1.54) is 24.3 Å². The molecular formula is C22H28N2. The molecule has 0 bridgehead atoms. The normalized spacial score (nSPS) is 28.2. The largest absolute Gasteiger partial charge is 0.371 e. The molecule has 1 aliphatic heterocycles. The standard InChI is InChI=1S/C22H28N2/c1-22(2)20-16-24(14-17-10-6-4-7-11-17)15-19(20)21(22)23(3)18-12-8-5-9-13-18/h4-13,19-21H,14-16H2,1-3H3. The van der Waals surface area contributed by atoms with Crippen LogP contribution in [0.15, 0.2) is 60.7 Å². The van der Waals surface area contributed by atoms with Gasteiger partial charge in [0, 0.05) is 38.4 Å². The van der Waals surface area contributed by atoms with Crippen molar-refractivity contribution < 1.29 is 0 Å². The van der Waals surface area contributed by atoms with Gasteiger partial charge in [-0.25, -0.2) is 0 Å². The lowest BCUT2D eigenvalue weighted by Gasteiger charge is -2.59. The summed E-state index contributed by atoms with van der Waals surface area (Å²) in [6.07, 6.45) is 0. The Hall–Kier alpha value is -1.80. The Morgan fingerprint density at radius 2 is 1.58 bits per heavy atom. The third-order valence-corrected chi connectivity index (χ3v) is 6.39. The van der Waals surface area contributed by atoms with E-state index in [4.69, 9.17) is 0 Å². The quantitative estimate of drug-likeness (QED) is 0.829. The molecule has 1 saturated heterocycles. The van der Waals surface area contributed by atoms with Crippen LogP contribution in [0.1, 0.15) is 19.4 Å². The van der Waals surface area contributed by atoms with Gasteiger partial charge in [0.05, 0.1) is 0 Å². The molecule has 0 amide bonds. The van der Waals surface area contributed by atoms with Crippen molar-refractivity contribution in [2.75, 3.05) is 25.0 Å². The van der Waals surface area contributed by atoms with E-state index < -0.39 is 0 Å². The molecule has 1 saturated carbocycles. The summed E-state index contributed by atoms with van der Waals surface area (Å²) in [5.74, 6) is 1.60. The average molecular weight is 320 g/mol. The summed E-state index contributed by atoms with van der Waals surface area (Å²) in [5, 5.41) is 0. The molecule has 0 N–H and O–H groups in total. The highest BCUT2D eigenvalue weighted by Gasteiger charge is 2.61. The van der Waals surface area contributed by atoms with Gasteiger partial charge in [-0.2, -0.15) is 0 Å². The van der Waals surface area contributed by atoms with E-state index in [1.807, 2.05) is 0 Å². The van der Waals surface area contributed by atoms with Gasteiger partial charge in [0.15, 0.2) is 0 Å². The van der Waals surface area contributed by atoms with E-state index in [2.05, 4.69) is 91.4 Å². The minimum atomic E-state index is 0.376. The van der Waals surface area contributed by atoms with E-state index >= 15 is 0 Å². The van der Waals surface area contributed by atoms with Crippen molar-refractivity contribution in [2.45, 2.75) is 26.4 Å². The van der Waals surface area contributed by atoms with Gasteiger partial charge in [-0.05, 0) is 34.9 Å². The second-order valence-corrected chi connectivity index (χ2v) is 8.16. The van der Waals surface area contributed by atoms with Gasteiger partial charge in [-0.15, -0.1) is 0 Å². The number of fused-ring (bicyclic) bond motifs is 1. The summed E-state index contributed by atoms with van der Waals surface area (Å²) in [6, 6.07) is 22.4. The van der Waals surface area contributed by atoms with Crippen molar-refractivity contribution in [1.82, 2.24) is 4.90 Å². The Labute approximate surface area is 146 Å². The molecule has 3 unspecified atom stereocenters. The molecule has 2 aliphatic rings. The van der Waals surface area contributed by atoms with Crippen LogP contribution in [0.5, 0.6) is 0 Å². The first kappa shape index (κ1) is 15.7. The van der Waals surface area contributed by atoms with Crippen molar-refractivity contribution in [3.8, 4) is 0 Å². The lowest BCUT2D eigenvalue weighted by atomic mass is 9.52. The molecular weight excluding hydrogens is 292 g/mol. The van der Waals surface area contributed by atoms with Gasteiger partial charge in [-0.1, -0.05) is 62.4 Å². The highest BCUT2D eigenvalue weighted by molar-refractivity contribution is 5.48. The summed E-state index contributed by atoms with van der Waals surface area (Å²) in [7, 11) is 2.28. The molecule has 1 aliphatic carbocycles. The van der Waals surface area contributed by atoms with E-state index in [9.17, 15) is 0 Å². The first-order chi connectivity index (χ1) is 11.6. The van der Waals surface area contributed by atoms with Gasteiger partial charge in [-0.3, -0.25) is 4.90 Å². The summed E-state index contributed by atoms with van der Waals surface area (Å²) in [4.78, 5) is 5.18. The minimum Gasteiger partial charge on any atom is -0.371 e. The fraction of sp³-hybridized carbons (Fsp3) is 0.455. The molecule has 2 heteroatoms. The number of benzene rings is 2. The first-order valence-corrected chi connectivity index (χ1v) is 9.11. The maximum absolute atomic E-state index is 2.66. The lowest BCUT2D eigenvalue weighted by molar-refractivity contribution is -0.00759. The molecule has 0 aromatic heterocycles. The van der Waals surface area contributed by atoms with Crippen LogP contribution in [0.25, 0.3) is 0 Å². The van der Waals surface area contributed by atoms with Crippen LogP contribution >= 0.6 is 0 Å². The van der Waals surface area contributed by atoms with Gasteiger partial charge in [0.25, 0.3) is 0 Å². The Balaban J connectivity index is 1.49. The first-order valence-electron chi connectivity index (χ1n) is 9.11. The monoisotopic (exact) mass is 320 g/mol. The van der Waals surface area contributed by atoms with Crippen molar-refractivity contribution in [3.63, 3.8) is 0 Å². The van der Waals surface area contributed by atoms with Crippen molar-refractivity contribution >= 4 is 5.69 Å². The van der Waals surface area contributed by atoms with E-state index in [0.717, 1.165) is 18.4 Å². The second-order valence-electron chi connectivity index (χ2n) is 8.16. The highest BCUT2D eigenvalue weighted by atomic mass is 15.2. The smallest absolute Gasteiger partial charge is 0.0384 e. The molecule has 2 aromatic carbocycles. The van der Waals surface area contributed by atoms with Crippen LogP contribution in [-0.4, -0.2) is 31.1 Å². The molecule has 2 fully saturated rings. The summed E-state index contributed by atoms with van der Waals surface area (Å²) in [6.45, 7) is 8.48. The Morgan fingerprint density at radius 1 is 0.958 bits per heavy atom. The van der Waals surface area contributed by atoms with E-state index in [1.54, 1.807) is 0 Å². The number of likely N-dealkylation sites (tertiary alicyclic amines) is 1.